The number of hydrogen-bond acceptors (Lipinski definition) is 2. The highest BCUT2D eigenvalue weighted by molar-refractivity contribution is 7.81. The Balaban J connectivity index is 2.13. The Morgan fingerprint density at radius 3 is 2.67 bits per heavy atom. The summed E-state index contributed by atoms with van der Waals surface area (Å²) in [5, 5.41) is 0.334. The van der Waals surface area contributed by atoms with Gasteiger partial charge in [-0.2, -0.15) is 0 Å². The van der Waals surface area contributed by atoms with Crippen LogP contribution in [0.1, 0.15) is 33.1 Å². The fraction of sp³-hybridized carbons (Fsp3) is 1.00. The van der Waals surface area contributed by atoms with E-state index in [1.54, 1.807) is 0 Å². The van der Waals surface area contributed by atoms with E-state index in [2.05, 4.69) is 13.8 Å². The zero-order valence-electron chi connectivity index (χ0n) is 7.50. The van der Waals surface area contributed by atoms with Crippen molar-refractivity contribution in [2.24, 2.45) is 10.8 Å². The lowest BCUT2D eigenvalue weighted by Crippen LogP contribution is -2.32. The zero-order chi connectivity index (χ0) is 8.56. The van der Waals surface area contributed by atoms with Crippen molar-refractivity contribution in [3.05, 3.63) is 0 Å². The molecule has 0 spiro atoms. The molecule has 0 aromatic rings. The lowest BCUT2D eigenvalue weighted by atomic mass is 9.81. The first-order chi connectivity index (χ1) is 5.54. The highest BCUT2D eigenvalue weighted by atomic mass is 32.2. The van der Waals surface area contributed by atoms with Crippen molar-refractivity contribution in [2.75, 3.05) is 0 Å². The van der Waals surface area contributed by atoms with Crippen LogP contribution in [0.25, 0.3) is 0 Å². The average molecular weight is 186 g/mol. The van der Waals surface area contributed by atoms with Gasteiger partial charge in [-0.1, -0.05) is 13.8 Å². The summed E-state index contributed by atoms with van der Waals surface area (Å²) in [6.45, 7) is 4.57. The molecule has 3 fully saturated rings. The van der Waals surface area contributed by atoms with Gasteiger partial charge in [0.25, 0.3) is 0 Å². The summed E-state index contributed by atoms with van der Waals surface area (Å²) >= 11 is -0.982. The van der Waals surface area contributed by atoms with Crippen LogP contribution < -0.4 is 0 Å². The van der Waals surface area contributed by atoms with E-state index in [0.29, 0.717) is 16.8 Å². The molecule has 12 heavy (non-hydrogen) atoms. The van der Waals surface area contributed by atoms with E-state index >= 15 is 0 Å². The maximum atomic E-state index is 11.5. The van der Waals surface area contributed by atoms with Gasteiger partial charge in [-0.3, -0.25) is 4.18 Å². The summed E-state index contributed by atoms with van der Waals surface area (Å²) < 4.78 is 17.0. The minimum absolute atomic E-state index is 0.250. The molecule has 0 N–H and O–H groups in total. The summed E-state index contributed by atoms with van der Waals surface area (Å²) in [5.74, 6) is 0. The molecule has 0 radical (unpaired) electrons. The van der Waals surface area contributed by atoms with Crippen LogP contribution in [0.4, 0.5) is 0 Å². The van der Waals surface area contributed by atoms with Crippen LogP contribution in [0.5, 0.6) is 0 Å². The Hall–Kier alpha value is 0.110. The number of fused-ring (bicyclic) bond motifs is 1. The second kappa shape index (κ2) is 1.80. The fourth-order valence-corrected chi connectivity index (χ4v) is 5.42. The molecule has 2 aliphatic carbocycles. The molecule has 2 bridgehead atoms. The smallest absolute Gasteiger partial charge is 0.159 e. The lowest BCUT2D eigenvalue weighted by Gasteiger charge is -2.26. The molecular weight excluding hydrogens is 172 g/mol. The van der Waals surface area contributed by atoms with Gasteiger partial charge >= 0.3 is 0 Å². The van der Waals surface area contributed by atoms with Crippen molar-refractivity contribution >= 4 is 11.1 Å². The largest absolute Gasteiger partial charge is 0.286 e. The molecule has 3 aliphatic rings. The molecule has 5 atom stereocenters. The summed E-state index contributed by atoms with van der Waals surface area (Å²) in [6.07, 6.45) is 3.77. The first-order valence-electron chi connectivity index (χ1n) is 4.61. The van der Waals surface area contributed by atoms with Crippen molar-refractivity contribution in [3.63, 3.8) is 0 Å². The van der Waals surface area contributed by atoms with Crippen LogP contribution >= 0.6 is 0 Å². The molecule has 1 saturated heterocycles. The normalized spacial score (nSPS) is 67.7. The van der Waals surface area contributed by atoms with E-state index in [4.69, 9.17) is 4.18 Å². The van der Waals surface area contributed by atoms with Crippen LogP contribution in [-0.4, -0.2) is 15.6 Å². The van der Waals surface area contributed by atoms with E-state index in [1.165, 1.54) is 6.42 Å². The Bertz CT molecular complexity index is 278. The van der Waals surface area contributed by atoms with Crippen molar-refractivity contribution in [1.29, 1.82) is 0 Å². The predicted octanol–water partition coefficient (Wildman–Crippen LogP) is 1.63. The van der Waals surface area contributed by atoms with Gasteiger partial charge in [0.15, 0.2) is 11.1 Å². The third-order valence-corrected chi connectivity index (χ3v) is 5.67. The van der Waals surface area contributed by atoms with Crippen LogP contribution in [0.3, 0.4) is 0 Å². The Morgan fingerprint density at radius 1 is 1.42 bits per heavy atom. The van der Waals surface area contributed by atoms with Gasteiger partial charge in [-0.15, -0.1) is 0 Å². The molecule has 2 saturated carbocycles. The molecule has 3 heteroatoms. The van der Waals surface area contributed by atoms with Crippen LogP contribution in [0.2, 0.25) is 0 Å². The van der Waals surface area contributed by atoms with Crippen LogP contribution in [-0.2, 0) is 15.3 Å². The highest BCUT2D eigenvalue weighted by Gasteiger charge is 2.67. The van der Waals surface area contributed by atoms with E-state index in [9.17, 15) is 4.21 Å². The highest BCUT2D eigenvalue weighted by Crippen LogP contribution is 2.66. The quantitative estimate of drug-likeness (QED) is 0.574. The number of rotatable bonds is 0. The predicted molar refractivity (Wildman–Crippen MR) is 46.9 cm³/mol. The Labute approximate surface area is 75.3 Å². The minimum Gasteiger partial charge on any atom is -0.286 e. The molecule has 0 aromatic heterocycles. The molecule has 0 aromatic carbocycles. The fourth-order valence-electron chi connectivity index (χ4n) is 3.56. The van der Waals surface area contributed by atoms with Crippen LogP contribution in [0, 0.1) is 10.8 Å². The Morgan fingerprint density at radius 2 is 2.17 bits per heavy atom. The van der Waals surface area contributed by atoms with E-state index in [1.807, 2.05) is 0 Å². The monoisotopic (exact) mass is 186 g/mol. The van der Waals surface area contributed by atoms with Crippen molar-refractivity contribution in [2.45, 2.75) is 44.5 Å². The lowest BCUT2D eigenvalue weighted by molar-refractivity contribution is 0.129. The molecule has 0 amide bonds. The first kappa shape index (κ1) is 7.51. The van der Waals surface area contributed by atoms with Crippen molar-refractivity contribution < 1.29 is 8.39 Å². The van der Waals surface area contributed by atoms with Gasteiger partial charge in [0.2, 0.25) is 0 Å². The molecule has 2 nitrogen and oxygen atoms in total. The summed E-state index contributed by atoms with van der Waals surface area (Å²) in [5.41, 5.74) is 0.690. The SMILES string of the molecule is CC12CC3OS(=O)C(C1)C3(C)C2. The molecule has 5 unspecified atom stereocenters. The maximum Gasteiger partial charge on any atom is 0.159 e. The first-order valence-corrected chi connectivity index (χ1v) is 5.75. The van der Waals surface area contributed by atoms with Crippen molar-refractivity contribution in [1.82, 2.24) is 0 Å². The van der Waals surface area contributed by atoms with Crippen molar-refractivity contribution in [3.8, 4) is 0 Å². The van der Waals surface area contributed by atoms with Gasteiger partial charge in [-0.25, -0.2) is 4.21 Å². The standard InChI is InChI=1S/C9H14O2S/c1-8-3-6-9(2,5-8)7(4-8)12(10)11-6/h6-7H,3-5H2,1-2H3. The van der Waals surface area contributed by atoms with E-state index < -0.39 is 11.1 Å². The van der Waals surface area contributed by atoms with Gasteiger partial charge < -0.3 is 0 Å². The summed E-state index contributed by atoms with van der Waals surface area (Å²) in [7, 11) is 0. The minimum atomic E-state index is -0.982. The van der Waals surface area contributed by atoms with E-state index in [0.717, 1.165) is 12.8 Å². The molecular formula is C9H14O2S. The average Bonchev–Trinajstić information content (AvgIpc) is 2.35. The van der Waals surface area contributed by atoms with Crippen LogP contribution in [0.15, 0.2) is 0 Å². The second-order valence-electron chi connectivity index (χ2n) is 5.24. The van der Waals surface area contributed by atoms with E-state index in [-0.39, 0.29) is 5.41 Å². The maximum absolute atomic E-state index is 11.5. The Kier molecular flexibility index (Phi) is 1.13. The summed E-state index contributed by atoms with van der Waals surface area (Å²) in [6, 6.07) is 0. The second-order valence-corrected chi connectivity index (χ2v) is 6.52. The molecule has 1 heterocycles. The van der Waals surface area contributed by atoms with Gasteiger partial charge in [0.1, 0.15) is 0 Å². The summed E-state index contributed by atoms with van der Waals surface area (Å²) in [4.78, 5) is 0. The molecule has 1 aliphatic heterocycles. The van der Waals surface area contributed by atoms with Gasteiger partial charge in [0.05, 0.1) is 11.4 Å². The third kappa shape index (κ3) is 0.643. The third-order valence-electron chi connectivity index (χ3n) is 4.08. The van der Waals surface area contributed by atoms with Gasteiger partial charge in [-0.05, 0) is 24.7 Å². The topological polar surface area (TPSA) is 26.3 Å². The number of hydrogen-bond donors (Lipinski definition) is 0. The molecule has 3 rings (SSSR count). The zero-order valence-corrected chi connectivity index (χ0v) is 8.32. The molecule has 68 valence electrons. The van der Waals surface area contributed by atoms with Gasteiger partial charge in [0, 0.05) is 5.41 Å².